The number of carbonyl (C=O) groups excluding carboxylic acids is 1. The highest BCUT2D eigenvalue weighted by Gasteiger charge is 2.07. The van der Waals surface area contributed by atoms with Crippen LogP contribution in [-0.4, -0.2) is 10.5 Å². The molecule has 0 spiro atoms. The van der Waals surface area contributed by atoms with Gasteiger partial charge in [-0.3, -0.25) is 4.79 Å². The molecule has 0 saturated heterocycles. The van der Waals surface area contributed by atoms with Gasteiger partial charge in [0.2, 0.25) is 5.91 Å². The molecular formula is C16H12BrFN2O. The van der Waals surface area contributed by atoms with Gasteiger partial charge >= 0.3 is 0 Å². The third-order valence-electron chi connectivity index (χ3n) is 3.17. The zero-order chi connectivity index (χ0) is 14.8. The summed E-state index contributed by atoms with van der Waals surface area (Å²) in [5.74, 6) is -0.475. The molecule has 3 rings (SSSR count). The standard InChI is InChI=1S/C16H12BrFN2O/c17-12-1-6-15-11(9-12)7-8-20(15)10-16(21)19-14-4-2-13(18)3-5-14/h1-9H,10H2,(H,19,21). The molecule has 0 saturated carbocycles. The van der Waals surface area contributed by atoms with E-state index in [0.717, 1.165) is 15.4 Å². The predicted octanol–water partition coefficient (Wildman–Crippen LogP) is 4.18. The minimum atomic E-state index is -0.324. The summed E-state index contributed by atoms with van der Waals surface area (Å²) in [6.45, 7) is 0.211. The molecule has 0 bridgehead atoms. The van der Waals surface area contributed by atoms with Crippen LogP contribution in [0, 0.1) is 5.82 Å². The van der Waals surface area contributed by atoms with Crippen molar-refractivity contribution >= 4 is 38.4 Å². The molecule has 3 aromatic rings. The third-order valence-corrected chi connectivity index (χ3v) is 3.67. The van der Waals surface area contributed by atoms with Crippen LogP contribution in [0.5, 0.6) is 0 Å². The molecule has 0 aliphatic heterocycles. The van der Waals surface area contributed by atoms with Crippen LogP contribution >= 0.6 is 15.9 Å². The van der Waals surface area contributed by atoms with Crippen molar-refractivity contribution in [1.82, 2.24) is 4.57 Å². The molecule has 1 amide bonds. The van der Waals surface area contributed by atoms with E-state index in [4.69, 9.17) is 0 Å². The van der Waals surface area contributed by atoms with E-state index < -0.39 is 0 Å². The molecule has 0 fully saturated rings. The lowest BCUT2D eigenvalue weighted by Crippen LogP contribution is -2.18. The van der Waals surface area contributed by atoms with Crippen LogP contribution in [-0.2, 0) is 11.3 Å². The lowest BCUT2D eigenvalue weighted by atomic mass is 10.2. The first-order chi connectivity index (χ1) is 10.1. The van der Waals surface area contributed by atoms with Gasteiger partial charge in [-0.2, -0.15) is 0 Å². The quantitative estimate of drug-likeness (QED) is 0.758. The molecule has 5 heteroatoms. The van der Waals surface area contributed by atoms with E-state index in [1.54, 1.807) is 0 Å². The Morgan fingerprint density at radius 1 is 1.14 bits per heavy atom. The van der Waals surface area contributed by atoms with Crippen LogP contribution in [0.2, 0.25) is 0 Å². The van der Waals surface area contributed by atoms with Crippen molar-refractivity contribution in [2.24, 2.45) is 0 Å². The van der Waals surface area contributed by atoms with Crippen molar-refractivity contribution in [2.45, 2.75) is 6.54 Å². The van der Waals surface area contributed by atoms with Crippen molar-refractivity contribution in [2.75, 3.05) is 5.32 Å². The van der Waals surface area contributed by atoms with E-state index in [2.05, 4.69) is 21.2 Å². The Balaban J connectivity index is 1.75. The number of hydrogen-bond acceptors (Lipinski definition) is 1. The summed E-state index contributed by atoms with van der Waals surface area (Å²) in [5, 5.41) is 3.82. The Morgan fingerprint density at radius 3 is 2.67 bits per heavy atom. The van der Waals surface area contributed by atoms with Crippen LogP contribution in [0.3, 0.4) is 0 Å². The summed E-state index contributed by atoms with van der Waals surface area (Å²) in [6.07, 6.45) is 1.88. The van der Waals surface area contributed by atoms with Crippen molar-refractivity contribution in [3.05, 3.63) is 65.0 Å². The molecule has 3 nitrogen and oxygen atoms in total. The molecule has 21 heavy (non-hydrogen) atoms. The van der Waals surface area contributed by atoms with Crippen LogP contribution in [0.25, 0.3) is 10.9 Å². The monoisotopic (exact) mass is 346 g/mol. The summed E-state index contributed by atoms with van der Waals surface area (Å²) >= 11 is 3.42. The van der Waals surface area contributed by atoms with Crippen LogP contribution in [0.15, 0.2) is 59.2 Å². The Morgan fingerprint density at radius 2 is 1.90 bits per heavy atom. The second kappa shape index (κ2) is 5.69. The highest BCUT2D eigenvalue weighted by atomic mass is 79.9. The van der Waals surface area contributed by atoms with Crippen LogP contribution < -0.4 is 5.32 Å². The molecule has 0 unspecified atom stereocenters. The van der Waals surface area contributed by atoms with Gasteiger partial charge in [-0.15, -0.1) is 0 Å². The fourth-order valence-corrected chi connectivity index (χ4v) is 2.58. The summed E-state index contributed by atoms with van der Waals surface area (Å²) in [4.78, 5) is 12.0. The number of amides is 1. The molecule has 0 atom stereocenters. The number of benzene rings is 2. The topological polar surface area (TPSA) is 34.0 Å². The lowest BCUT2D eigenvalue weighted by Gasteiger charge is -2.07. The van der Waals surface area contributed by atoms with Gasteiger partial charge in [0.1, 0.15) is 12.4 Å². The second-order valence-electron chi connectivity index (χ2n) is 4.70. The van der Waals surface area contributed by atoms with Gasteiger partial charge in [-0.25, -0.2) is 4.39 Å². The first kappa shape index (κ1) is 13.8. The van der Waals surface area contributed by atoms with Gasteiger partial charge in [0.15, 0.2) is 0 Å². The summed E-state index contributed by atoms with van der Waals surface area (Å²) in [7, 11) is 0. The highest BCUT2D eigenvalue weighted by molar-refractivity contribution is 9.10. The van der Waals surface area contributed by atoms with Gasteiger partial charge in [0.25, 0.3) is 0 Å². The zero-order valence-corrected chi connectivity index (χ0v) is 12.6. The number of nitrogens with zero attached hydrogens (tertiary/aromatic N) is 1. The van der Waals surface area contributed by atoms with E-state index in [-0.39, 0.29) is 18.3 Å². The van der Waals surface area contributed by atoms with Crippen molar-refractivity contribution in [1.29, 1.82) is 0 Å². The fraction of sp³-hybridized carbons (Fsp3) is 0.0625. The molecule has 1 aromatic heterocycles. The number of halogens is 2. The summed E-state index contributed by atoms with van der Waals surface area (Å²) < 4.78 is 15.7. The SMILES string of the molecule is O=C(Cn1ccc2cc(Br)ccc21)Nc1ccc(F)cc1. The zero-order valence-electron chi connectivity index (χ0n) is 11.0. The Labute approximate surface area is 129 Å². The number of fused-ring (bicyclic) bond motifs is 1. The van der Waals surface area contributed by atoms with E-state index in [1.807, 2.05) is 35.0 Å². The van der Waals surface area contributed by atoms with E-state index in [0.29, 0.717) is 5.69 Å². The number of carbonyl (C=O) groups is 1. The molecule has 106 valence electrons. The fourth-order valence-electron chi connectivity index (χ4n) is 2.20. The van der Waals surface area contributed by atoms with Gasteiger partial charge in [0.05, 0.1) is 0 Å². The summed E-state index contributed by atoms with van der Waals surface area (Å²) in [6, 6.07) is 13.6. The lowest BCUT2D eigenvalue weighted by molar-refractivity contribution is -0.116. The molecule has 1 heterocycles. The van der Waals surface area contributed by atoms with E-state index in [1.165, 1.54) is 24.3 Å². The maximum absolute atomic E-state index is 12.8. The van der Waals surface area contributed by atoms with Crippen molar-refractivity contribution in [3.63, 3.8) is 0 Å². The highest BCUT2D eigenvalue weighted by Crippen LogP contribution is 2.21. The largest absolute Gasteiger partial charge is 0.338 e. The van der Waals surface area contributed by atoms with Gasteiger partial charge in [-0.05, 0) is 48.5 Å². The summed E-state index contributed by atoms with van der Waals surface area (Å²) in [5.41, 5.74) is 1.58. The molecule has 0 radical (unpaired) electrons. The van der Waals surface area contributed by atoms with Crippen molar-refractivity contribution in [3.8, 4) is 0 Å². The van der Waals surface area contributed by atoms with Crippen LogP contribution in [0.1, 0.15) is 0 Å². The number of rotatable bonds is 3. The first-order valence-corrected chi connectivity index (χ1v) is 7.21. The first-order valence-electron chi connectivity index (χ1n) is 6.42. The minimum Gasteiger partial charge on any atom is -0.338 e. The predicted molar refractivity (Wildman–Crippen MR) is 84.7 cm³/mol. The number of hydrogen-bond donors (Lipinski definition) is 1. The van der Waals surface area contributed by atoms with Gasteiger partial charge in [0, 0.05) is 27.3 Å². The van der Waals surface area contributed by atoms with Crippen molar-refractivity contribution < 1.29 is 9.18 Å². The molecule has 1 N–H and O–H groups in total. The third kappa shape index (κ3) is 3.13. The minimum absolute atomic E-state index is 0.151. The normalized spacial score (nSPS) is 10.8. The molecule has 0 aliphatic rings. The Hall–Kier alpha value is -2.14. The van der Waals surface area contributed by atoms with Gasteiger partial charge < -0.3 is 9.88 Å². The second-order valence-corrected chi connectivity index (χ2v) is 5.62. The van der Waals surface area contributed by atoms with E-state index in [9.17, 15) is 9.18 Å². The maximum atomic E-state index is 12.8. The number of aromatic nitrogens is 1. The molecular weight excluding hydrogens is 335 g/mol. The Bertz CT molecular complexity index is 796. The number of anilines is 1. The van der Waals surface area contributed by atoms with Gasteiger partial charge in [-0.1, -0.05) is 15.9 Å². The average Bonchev–Trinajstić information content (AvgIpc) is 2.83. The molecule has 2 aromatic carbocycles. The molecule has 0 aliphatic carbocycles. The maximum Gasteiger partial charge on any atom is 0.244 e. The Kier molecular flexibility index (Phi) is 3.75. The average molecular weight is 347 g/mol. The number of nitrogens with one attached hydrogen (secondary N) is 1. The smallest absolute Gasteiger partial charge is 0.244 e. The van der Waals surface area contributed by atoms with E-state index >= 15 is 0 Å². The van der Waals surface area contributed by atoms with Crippen LogP contribution in [0.4, 0.5) is 10.1 Å².